The summed E-state index contributed by atoms with van der Waals surface area (Å²) in [7, 11) is 0. The van der Waals surface area contributed by atoms with E-state index in [1.54, 1.807) is 12.5 Å². The van der Waals surface area contributed by atoms with Crippen molar-refractivity contribution in [1.82, 2.24) is 15.3 Å². The SMILES string of the molecule is Cc1ccc(OCC(=O)NCCc2cnc[nH]2)c(C(C)(C)C)c1. The predicted molar refractivity (Wildman–Crippen MR) is 90.7 cm³/mol. The first kappa shape index (κ1) is 17.1. The van der Waals surface area contributed by atoms with Gasteiger partial charge in [0, 0.05) is 24.9 Å². The molecule has 0 saturated carbocycles. The third-order valence-corrected chi connectivity index (χ3v) is 3.57. The van der Waals surface area contributed by atoms with Gasteiger partial charge in [0.05, 0.1) is 6.33 Å². The number of benzene rings is 1. The van der Waals surface area contributed by atoms with Crippen LogP contribution in [0, 0.1) is 6.92 Å². The highest BCUT2D eigenvalue weighted by Gasteiger charge is 2.19. The highest BCUT2D eigenvalue weighted by atomic mass is 16.5. The number of carbonyl (C=O) groups is 1. The largest absolute Gasteiger partial charge is 0.483 e. The normalized spacial score (nSPS) is 11.3. The molecule has 1 amide bonds. The van der Waals surface area contributed by atoms with Gasteiger partial charge in [-0.3, -0.25) is 4.79 Å². The molecule has 0 bridgehead atoms. The zero-order valence-electron chi connectivity index (χ0n) is 14.3. The second-order valence-corrected chi connectivity index (χ2v) is 6.72. The van der Waals surface area contributed by atoms with Crippen molar-refractivity contribution in [3.63, 3.8) is 0 Å². The molecular weight excluding hydrogens is 290 g/mol. The van der Waals surface area contributed by atoms with Gasteiger partial charge in [-0.05, 0) is 24.0 Å². The van der Waals surface area contributed by atoms with Crippen molar-refractivity contribution in [2.24, 2.45) is 0 Å². The van der Waals surface area contributed by atoms with Gasteiger partial charge in [-0.15, -0.1) is 0 Å². The molecule has 1 heterocycles. The summed E-state index contributed by atoms with van der Waals surface area (Å²) in [5.74, 6) is 0.650. The fraction of sp³-hybridized carbons (Fsp3) is 0.444. The molecule has 23 heavy (non-hydrogen) atoms. The molecule has 0 atom stereocenters. The zero-order valence-corrected chi connectivity index (χ0v) is 14.3. The molecule has 5 heteroatoms. The Morgan fingerprint density at radius 3 is 2.78 bits per heavy atom. The summed E-state index contributed by atoms with van der Waals surface area (Å²) < 4.78 is 5.74. The zero-order chi connectivity index (χ0) is 16.9. The smallest absolute Gasteiger partial charge is 0.257 e. The maximum atomic E-state index is 11.9. The van der Waals surface area contributed by atoms with E-state index in [2.05, 4.69) is 49.0 Å². The van der Waals surface area contributed by atoms with E-state index in [-0.39, 0.29) is 17.9 Å². The van der Waals surface area contributed by atoms with Gasteiger partial charge in [0.1, 0.15) is 5.75 Å². The molecule has 0 aliphatic carbocycles. The van der Waals surface area contributed by atoms with E-state index < -0.39 is 0 Å². The lowest BCUT2D eigenvalue weighted by Gasteiger charge is -2.23. The summed E-state index contributed by atoms with van der Waals surface area (Å²) in [6.07, 6.45) is 4.11. The van der Waals surface area contributed by atoms with Gasteiger partial charge < -0.3 is 15.0 Å². The summed E-state index contributed by atoms with van der Waals surface area (Å²) in [4.78, 5) is 18.9. The van der Waals surface area contributed by atoms with Gasteiger partial charge in [0.25, 0.3) is 5.91 Å². The van der Waals surface area contributed by atoms with Crippen LogP contribution in [0.2, 0.25) is 0 Å². The van der Waals surface area contributed by atoms with Crippen LogP contribution >= 0.6 is 0 Å². The molecule has 0 saturated heterocycles. The quantitative estimate of drug-likeness (QED) is 0.861. The molecule has 0 aliphatic heterocycles. The molecule has 2 N–H and O–H groups in total. The Morgan fingerprint density at radius 1 is 1.35 bits per heavy atom. The number of nitrogens with one attached hydrogen (secondary N) is 2. The maximum absolute atomic E-state index is 11.9. The van der Waals surface area contributed by atoms with Gasteiger partial charge in [0.15, 0.2) is 6.61 Å². The topological polar surface area (TPSA) is 67.0 Å². The van der Waals surface area contributed by atoms with Crippen molar-refractivity contribution in [3.05, 3.63) is 47.5 Å². The van der Waals surface area contributed by atoms with Crippen LogP contribution in [0.1, 0.15) is 37.6 Å². The molecule has 1 aromatic heterocycles. The number of aromatic amines is 1. The van der Waals surface area contributed by atoms with Crippen LogP contribution in [-0.4, -0.2) is 29.0 Å². The Morgan fingerprint density at radius 2 is 2.13 bits per heavy atom. The summed E-state index contributed by atoms with van der Waals surface area (Å²) in [5, 5.41) is 2.85. The first-order chi connectivity index (χ1) is 10.9. The van der Waals surface area contributed by atoms with Crippen molar-refractivity contribution in [2.75, 3.05) is 13.2 Å². The van der Waals surface area contributed by atoms with Gasteiger partial charge in [-0.25, -0.2) is 4.98 Å². The summed E-state index contributed by atoms with van der Waals surface area (Å²) in [6.45, 7) is 9.05. The van der Waals surface area contributed by atoms with Gasteiger partial charge >= 0.3 is 0 Å². The molecule has 1 aromatic carbocycles. The number of rotatable bonds is 6. The number of H-pyrrole nitrogens is 1. The van der Waals surface area contributed by atoms with Crippen molar-refractivity contribution in [3.8, 4) is 5.75 Å². The Kier molecular flexibility index (Phi) is 5.42. The summed E-state index contributed by atoms with van der Waals surface area (Å²) in [6, 6.07) is 6.06. The highest BCUT2D eigenvalue weighted by Crippen LogP contribution is 2.32. The van der Waals surface area contributed by atoms with E-state index in [1.165, 1.54) is 5.56 Å². The third kappa shape index (κ3) is 5.13. The summed E-state index contributed by atoms with van der Waals surface area (Å²) in [5.41, 5.74) is 3.27. The average Bonchev–Trinajstić information content (AvgIpc) is 2.98. The fourth-order valence-electron chi connectivity index (χ4n) is 2.31. The van der Waals surface area contributed by atoms with Crippen molar-refractivity contribution in [2.45, 2.75) is 39.5 Å². The monoisotopic (exact) mass is 315 g/mol. The van der Waals surface area contributed by atoms with Crippen LogP contribution in [0.3, 0.4) is 0 Å². The Hall–Kier alpha value is -2.30. The van der Waals surface area contributed by atoms with E-state index in [0.29, 0.717) is 6.54 Å². The van der Waals surface area contributed by atoms with Crippen LogP contribution < -0.4 is 10.1 Å². The van der Waals surface area contributed by atoms with Gasteiger partial charge in [-0.1, -0.05) is 38.5 Å². The van der Waals surface area contributed by atoms with Gasteiger partial charge in [0.2, 0.25) is 0 Å². The fourth-order valence-corrected chi connectivity index (χ4v) is 2.31. The van der Waals surface area contributed by atoms with Crippen LogP contribution in [0.5, 0.6) is 5.75 Å². The molecule has 0 fully saturated rings. The standard InChI is InChI=1S/C18H25N3O2/c1-13-5-6-16(15(9-13)18(2,3)4)23-11-17(22)20-8-7-14-10-19-12-21-14/h5-6,9-10,12H,7-8,11H2,1-4H3,(H,19,21)(H,20,22). The van der Waals surface area contributed by atoms with Crippen LogP contribution in [0.25, 0.3) is 0 Å². The minimum atomic E-state index is -0.120. The molecule has 0 spiro atoms. The average molecular weight is 315 g/mol. The van der Waals surface area contributed by atoms with Crippen LogP contribution in [0.15, 0.2) is 30.7 Å². The molecule has 2 aromatic rings. The van der Waals surface area contributed by atoms with Crippen molar-refractivity contribution < 1.29 is 9.53 Å². The lowest BCUT2D eigenvalue weighted by atomic mass is 9.85. The molecule has 0 radical (unpaired) electrons. The number of ether oxygens (including phenoxy) is 1. The molecule has 0 aliphatic rings. The predicted octanol–water partition coefficient (Wildman–Crippen LogP) is 2.75. The first-order valence-corrected chi connectivity index (χ1v) is 7.84. The second kappa shape index (κ2) is 7.31. The van der Waals surface area contributed by atoms with Gasteiger partial charge in [-0.2, -0.15) is 0 Å². The number of hydrogen-bond donors (Lipinski definition) is 2. The Balaban J connectivity index is 1.86. The van der Waals surface area contributed by atoms with E-state index >= 15 is 0 Å². The molecule has 124 valence electrons. The minimum absolute atomic E-state index is 0.0229. The first-order valence-electron chi connectivity index (χ1n) is 7.84. The second-order valence-electron chi connectivity index (χ2n) is 6.72. The van der Waals surface area contributed by atoms with E-state index in [1.807, 2.05) is 12.1 Å². The maximum Gasteiger partial charge on any atom is 0.257 e. The van der Waals surface area contributed by atoms with E-state index in [9.17, 15) is 4.79 Å². The molecule has 0 unspecified atom stereocenters. The summed E-state index contributed by atoms with van der Waals surface area (Å²) >= 11 is 0. The highest BCUT2D eigenvalue weighted by molar-refractivity contribution is 5.77. The molecule has 2 rings (SSSR count). The third-order valence-electron chi connectivity index (χ3n) is 3.57. The van der Waals surface area contributed by atoms with Crippen molar-refractivity contribution in [1.29, 1.82) is 0 Å². The van der Waals surface area contributed by atoms with Crippen LogP contribution in [-0.2, 0) is 16.6 Å². The number of nitrogens with zero attached hydrogens (tertiary/aromatic N) is 1. The lowest BCUT2D eigenvalue weighted by Crippen LogP contribution is -2.31. The van der Waals surface area contributed by atoms with Crippen molar-refractivity contribution >= 4 is 5.91 Å². The number of imidazole rings is 1. The number of amides is 1. The van der Waals surface area contributed by atoms with E-state index in [4.69, 9.17) is 4.74 Å². The molecule has 5 nitrogen and oxygen atoms in total. The minimum Gasteiger partial charge on any atom is -0.483 e. The number of aromatic nitrogens is 2. The Bertz CT molecular complexity index is 643. The number of aryl methyl sites for hydroxylation is 1. The number of carbonyl (C=O) groups excluding carboxylic acids is 1. The number of hydrogen-bond acceptors (Lipinski definition) is 3. The Labute approximate surface area is 137 Å². The van der Waals surface area contributed by atoms with E-state index in [0.717, 1.165) is 23.4 Å². The molecular formula is C18H25N3O2. The lowest BCUT2D eigenvalue weighted by molar-refractivity contribution is -0.123. The van der Waals surface area contributed by atoms with Crippen LogP contribution in [0.4, 0.5) is 0 Å².